The molecule has 1 aliphatic heterocycles. The molecule has 0 aliphatic carbocycles. The lowest BCUT2D eigenvalue weighted by molar-refractivity contribution is -0.137. The lowest BCUT2D eigenvalue weighted by Gasteiger charge is -2.16. The largest absolute Gasteiger partial charge is 0.493 e. The fourth-order valence-electron chi connectivity index (χ4n) is 3.14. The van der Waals surface area contributed by atoms with Crippen LogP contribution in [-0.2, 0) is 12.8 Å². The van der Waals surface area contributed by atoms with E-state index in [1.54, 1.807) is 12.1 Å². The Balaban J connectivity index is 1.56. The predicted octanol–water partition coefficient (Wildman–Crippen LogP) is 4.26. The van der Waals surface area contributed by atoms with E-state index < -0.39 is 11.7 Å². The van der Waals surface area contributed by atoms with Gasteiger partial charge in [-0.3, -0.25) is 0 Å². The van der Waals surface area contributed by atoms with Crippen molar-refractivity contribution in [2.24, 2.45) is 5.10 Å². The summed E-state index contributed by atoms with van der Waals surface area (Å²) in [6, 6.07) is 8.20. The van der Waals surface area contributed by atoms with E-state index in [-0.39, 0.29) is 6.61 Å². The molecule has 0 saturated carbocycles. The summed E-state index contributed by atoms with van der Waals surface area (Å²) in [6.07, 6.45) is -4.39. The van der Waals surface area contributed by atoms with Gasteiger partial charge < -0.3 is 18.9 Å². The molecule has 1 aliphatic rings. The number of benzene rings is 2. The van der Waals surface area contributed by atoms with E-state index >= 15 is 0 Å². The van der Waals surface area contributed by atoms with Gasteiger partial charge in [-0.1, -0.05) is 23.9 Å². The van der Waals surface area contributed by atoms with E-state index in [2.05, 4.69) is 15.3 Å². The minimum atomic E-state index is -4.39. The molecular weight excluding hydrogens is 461 g/mol. The standard InChI is InChI=1S/C21H19F3N4O4S/c1-29-16-8-14(9-17(30-2)19(16)31-3)32-10-18-25-26-20-28(18)27-15(11-33-20)12-4-6-13(7-5-12)21(22,23)24/h4-9H,10-11H2,1-3H3. The normalized spacial score (nSPS) is 13.2. The van der Waals surface area contributed by atoms with Crippen molar-refractivity contribution in [3.8, 4) is 23.0 Å². The Kier molecular flexibility index (Phi) is 6.36. The van der Waals surface area contributed by atoms with Crippen molar-refractivity contribution in [2.45, 2.75) is 17.9 Å². The topological polar surface area (TPSA) is 80.0 Å². The maximum atomic E-state index is 12.8. The summed E-state index contributed by atoms with van der Waals surface area (Å²) < 4.78 is 61.9. The molecule has 0 radical (unpaired) electrons. The van der Waals surface area contributed by atoms with Gasteiger partial charge in [0.05, 0.1) is 32.6 Å². The lowest BCUT2D eigenvalue weighted by atomic mass is 10.1. The second kappa shape index (κ2) is 9.22. The number of aromatic nitrogens is 3. The predicted molar refractivity (Wildman–Crippen MR) is 115 cm³/mol. The number of nitrogens with zero attached hydrogens (tertiary/aromatic N) is 4. The highest BCUT2D eigenvalue weighted by molar-refractivity contribution is 7.99. The number of hydrogen-bond donors (Lipinski definition) is 0. The second-order valence-electron chi connectivity index (χ2n) is 6.77. The van der Waals surface area contributed by atoms with Gasteiger partial charge in [-0.2, -0.15) is 22.9 Å². The zero-order valence-electron chi connectivity index (χ0n) is 17.8. The molecule has 0 spiro atoms. The number of fused-ring (bicyclic) bond motifs is 1. The third-order valence-corrected chi connectivity index (χ3v) is 5.72. The summed E-state index contributed by atoms with van der Waals surface area (Å²) >= 11 is 1.39. The number of thioether (sulfide) groups is 1. The highest BCUT2D eigenvalue weighted by atomic mass is 32.2. The molecule has 4 rings (SSSR count). The summed E-state index contributed by atoms with van der Waals surface area (Å²) in [5.41, 5.74) is 0.487. The first-order valence-corrected chi connectivity index (χ1v) is 10.6. The van der Waals surface area contributed by atoms with Crippen LogP contribution >= 0.6 is 11.8 Å². The molecule has 0 bridgehead atoms. The van der Waals surface area contributed by atoms with Crippen molar-refractivity contribution in [2.75, 3.05) is 27.1 Å². The van der Waals surface area contributed by atoms with E-state index in [0.29, 0.717) is 51.0 Å². The Labute approximate surface area is 191 Å². The smallest absolute Gasteiger partial charge is 0.416 e. The van der Waals surface area contributed by atoms with Gasteiger partial charge >= 0.3 is 6.18 Å². The molecule has 33 heavy (non-hydrogen) atoms. The molecule has 2 aromatic carbocycles. The van der Waals surface area contributed by atoms with Gasteiger partial charge in [0.2, 0.25) is 10.9 Å². The van der Waals surface area contributed by atoms with Gasteiger partial charge in [0.25, 0.3) is 0 Å². The molecule has 0 atom stereocenters. The third-order valence-electron chi connectivity index (χ3n) is 4.79. The zero-order chi connectivity index (χ0) is 23.6. The zero-order valence-corrected chi connectivity index (χ0v) is 18.7. The molecule has 174 valence electrons. The van der Waals surface area contributed by atoms with E-state index in [1.807, 2.05) is 0 Å². The Bertz CT molecular complexity index is 1150. The first-order chi connectivity index (χ1) is 15.8. The molecule has 0 saturated heterocycles. The van der Waals surface area contributed by atoms with Crippen molar-refractivity contribution in [1.29, 1.82) is 0 Å². The Morgan fingerprint density at radius 3 is 2.21 bits per heavy atom. The minimum Gasteiger partial charge on any atom is -0.493 e. The molecule has 1 aromatic heterocycles. The molecule has 0 N–H and O–H groups in total. The van der Waals surface area contributed by atoms with Crippen LogP contribution in [0.15, 0.2) is 46.7 Å². The van der Waals surface area contributed by atoms with Crippen LogP contribution in [0.1, 0.15) is 17.0 Å². The number of ether oxygens (including phenoxy) is 4. The summed E-state index contributed by atoms with van der Waals surface area (Å²) in [4.78, 5) is 0. The van der Waals surface area contributed by atoms with Crippen molar-refractivity contribution in [3.05, 3.63) is 53.3 Å². The van der Waals surface area contributed by atoms with Gasteiger partial charge in [-0.15, -0.1) is 10.2 Å². The first kappa shape index (κ1) is 22.8. The highest BCUT2D eigenvalue weighted by Crippen LogP contribution is 2.41. The summed E-state index contributed by atoms with van der Waals surface area (Å²) in [6.45, 7) is 0.0377. The number of methoxy groups -OCH3 is 3. The number of hydrogen-bond acceptors (Lipinski definition) is 8. The second-order valence-corrected chi connectivity index (χ2v) is 7.71. The number of rotatable bonds is 7. The van der Waals surface area contributed by atoms with Crippen LogP contribution in [0.2, 0.25) is 0 Å². The number of halogens is 3. The highest BCUT2D eigenvalue weighted by Gasteiger charge is 2.30. The monoisotopic (exact) mass is 480 g/mol. The van der Waals surface area contributed by atoms with Gasteiger partial charge in [-0.25, -0.2) is 0 Å². The van der Waals surface area contributed by atoms with Crippen LogP contribution in [0.5, 0.6) is 23.0 Å². The minimum absolute atomic E-state index is 0.0377. The Morgan fingerprint density at radius 1 is 0.970 bits per heavy atom. The van der Waals surface area contributed by atoms with E-state index in [4.69, 9.17) is 18.9 Å². The average Bonchev–Trinajstić information content (AvgIpc) is 3.23. The van der Waals surface area contributed by atoms with Crippen LogP contribution in [0, 0.1) is 0 Å². The van der Waals surface area contributed by atoms with Gasteiger partial charge in [0, 0.05) is 17.9 Å². The summed E-state index contributed by atoms with van der Waals surface area (Å²) in [5.74, 6) is 2.65. The first-order valence-electron chi connectivity index (χ1n) is 9.59. The Hall–Kier alpha value is -3.41. The van der Waals surface area contributed by atoms with Crippen LogP contribution in [-0.4, -0.2) is 47.7 Å². The maximum absolute atomic E-state index is 12.8. The maximum Gasteiger partial charge on any atom is 0.416 e. The van der Waals surface area contributed by atoms with Crippen LogP contribution in [0.3, 0.4) is 0 Å². The lowest BCUT2D eigenvalue weighted by Crippen LogP contribution is -2.16. The van der Waals surface area contributed by atoms with Gasteiger partial charge in [-0.05, 0) is 17.7 Å². The fourth-order valence-corrected chi connectivity index (χ4v) is 4.00. The molecule has 3 aromatic rings. The molecule has 0 amide bonds. The molecule has 8 nitrogen and oxygen atoms in total. The van der Waals surface area contributed by atoms with Crippen molar-refractivity contribution >= 4 is 17.5 Å². The van der Waals surface area contributed by atoms with E-state index in [0.717, 1.165) is 12.1 Å². The van der Waals surface area contributed by atoms with Crippen LogP contribution in [0.4, 0.5) is 13.2 Å². The summed E-state index contributed by atoms with van der Waals surface area (Å²) in [5, 5.41) is 13.3. The van der Waals surface area contributed by atoms with Crippen molar-refractivity contribution < 1.29 is 32.1 Å². The number of alkyl halides is 3. The average molecular weight is 480 g/mol. The molecule has 2 heterocycles. The third kappa shape index (κ3) is 4.70. The molecule has 0 unspecified atom stereocenters. The van der Waals surface area contributed by atoms with E-state index in [1.165, 1.54) is 49.9 Å². The van der Waals surface area contributed by atoms with E-state index in [9.17, 15) is 13.2 Å². The van der Waals surface area contributed by atoms with Crippen molar-refractivity contribution in [1.82, 2.24) is 14.9 Å². The van der Waals surface area contributed by atoms with Crippen LogP contribution in [0.25, 0.3) is 0 Å². The Morgan fingerprint density at radius 2 is 1.64 bits per heavy atom. The molecule has 12 heteroatoms. The molecule has 0 fully saturated rings. The quantitative estimate of drug-likeness (QED) is 0.500. The SMILES string of the molecule is COc1cc(OCc2nnc3n2N=C(c2ccc(C(F)(F)F)cc2)CS3)cc(OC)c1OC. The fraction of sp³-hybridized carbons (Fsp3) is 0.286. The van der Waals surface area contributed by atoms with Gasteiger partial charge in [0.1, 0.15) is 12.4 Å². The van der Waals surface area contributed by atoms with Gasteiger partial charge in [0.15, 0.2) is 17.3 Å². The molecular formula is C21H19F3N4O4S. The van der Waals surface area contributed by atoms with Crippen LogP contribution < -0.4 is 18.9 Å². The van der Waals surface area contributed by atoms with Crippen molar-refractivity contribution in [3.63, 3.8) is 0 Å². The summed E-state index contributed by atoms with van der Waals surface area (Å²) in [7, 11) is 4.52.